The van der Waals surface area contributed by atoms with E-state index in [9.17, 15) is 4.79 Å². The van der Waals surface area contributed by atoms with Gasteiger partial charge in [-0.05, 0) is 61.7 Å². The summed E-state index contributed by atoms with van der Waals surface area (Å²) in [6.45, 7) is 4.45. The second-order valence-electron chi connectivity index (χ2n) is 6.66. The standard InChI is InChI=1S/C18H26N2O/c1-13-12-15-4-2-3-5-16(15)18(13)20-17(21)7-6-14-8-10-19-11-9-14/h2-5,13-14,18-19H,6-12H2,1H3,(H,20,21). The summed E-state index contributed by atoms with van der Waals surface area (Å²) in [5, 5.41) is 6.65. The Balaban J connectivity index is 1.52. The van der Waals surface area contributed by atoms with E-state index in [0.29, 0.717) is 12.3 Å². The molecule has 1 aromatic carbocycles. The van der Waals surface area contributed by atoms with Crippen molar-refractivity contribution in [3.63, 3.8) is 0 Å². The highest BCUT2D eigenvalue weighted by Gasteiger charge is 2.30. The van der Waals surface area contributed by atoms with E-state index in [2.05, 4.69) is 41.8 Å². The van der Waals surface area contributed by atoms with Crippen LogP contribution in [0.1, 0.15) is 49.8 Å². The van der Waals surface area contributed by atoms with Crippen LogP contribution in [0.3, 0.4) is 0 Å². The molecule has 3 heteroatoms. The van der Waals surface area contributed by atoms with Crippen LogP contribution in [0.4, 0.5) is 0 Å². The number of piperidine rings is 1. The third-order valence-electron chi connectivity index (χ3n) is 5.06. The number of rotatable bonds is 4. The predicted molar refractivity (Wildman–Crippen MR) is 85.0 cm³/mol. The molecule has 3 rings (SSSR count). The number of carbonyl (C=O) groups excluding carboxylic acids is 1. The first-order valence-electron chi connectivity index (χ1n) is 8.32. The SMILES string of the molecule is CC1Cc2ccccc2C1NC(=O)CCC1CCNCC1. The monoisotopic (exact) mass is 286 g/mol. The number of fused-ring (bicyclic) bond motifs is 1. The Hall–Kier alpha value is -1.35. The van der Waals surface area contributed by atoms with Gasteiger partial charge in [-0.15, -0.1) is 0 Å². The molecule has 1 heterocycles. The smallest absolute Gasteiger partial charge is 0.220 e. The van der Waals surface area contributed by atoms with E-state index in [1.165, 1.54) is 24.0 Å². The molecule has 114 valence electrons. The second-order valence-corrected chi connectivity index (χ2v) is 6.66. The van der Waals surface area contributed by atoms with Crippen molar-refractivity contribution in [2.75, 3.05) is 13.1 Å². The first-order valence-corrected chi connectivity index (χ1v) is 8.32. The van der Waals surface area contributed by atoms with Crippen molar-refractivity contribution >= 4 is 5.91 Å². The van der Waals surface area contributed by atoms with Gasteiger partial charge < -0.3 is 10.6 Å². The Morgan fingerprint density at radius 1 is 1.29 bits per heavy atom. The van der Waals surface area contributed by atoms with Gasteiger partial charge in [0, 0.05) is 6.42 Å². The van der Waals surface area contributed by atoms with Crippen molar-refractivity contribution in [3.05, 3.63) is 35.4 Å². The average molecular weight is 286 g/mol. The van der Waals surface area contributed by atoms with Gasteiger partial charge in [-0.2, -0.15) is 0 Å². The molecule has 0 saturated carbocycles. The summed E-state index contributed by atoms with van der Waals surface area (Å²) in [6.07, 6.45) is 5.23. The fourth-order valence-corrected chi connectivity index (χ4v) is 3.77. The number of nitrogens with one attached hydrogen (secondary N) is 2. The Morgan fingerprint density at radius 2 is 2.05 bits per heavy atom. The van der Waals surface area contributed by atoms with E-state index in [4.69, 9.17) is 0 Å². The lowest BCUT2D eigenvalue weighted by molar-refractivity contribution is -0.122. The number of benzene rings is 1. The van der Waals surface area contributed by atoms with Crippen LogP contribution in [-0.2, 0) is 11.2 Å². The fraction of sp³-hybridized carbons (Fsp3) is 0.611. The van der Waals surface area contributed by atoms with Crippen LogP contribution >= 0.6 is 0 Å². The van der Waals surface area contributed by atoms with Gasteiger partial charge in [-0.25, -0.2) is 0 Å². The van der Waals surface area contributed by atoms with Crippen LogP contribution in [0.25, 0.3) is 0 Å². The summed E-state index contributed by atoms with van der Waals surface area (Å²) < 4.78 is 0. The third-order valence-corrected chi connectivity index (χ3v) is 5.06. The van der Waals surface area contributed by atoms with Crippen LogP contribution < -0.4 is 10.6 Å². The van der Waals surface area contributed by atoms with E-state index in [1.54, 1.807) is 0 Å². The molecular weight excluding hydrogens is 260 g/mol. The van der Waals surface area contributed by atoms with Crippen molar-refractivity contribution in [3.8, 4) is 0 Å². The Kier molecular flexibility index (Phi) is 4.59. The molecule has 2 atom stereocenters. The number of amides is 1. The summed E-state index contributed by atoms with van der Waals surface area (Å²) in [5.41, 5.74) is 2.72. The minimum absolute atomic E-state index is 0.210. The quantitative estimate of drug-likeness (QED) is 0.893. The lowest BCUT2D eigenvalue weighted by Gasteiger charge is -2.23. The van der Waals surface area contributed by atoms with Crippen LogP contribution in [0.15, 0.2) is 24.3 Å². The first-order chi connectivity index (χ1) is 10.2. The van der Waals surface area contributed by atoms with E-state index >= 15 is 0 Å². The summed E-state index contributed by atoms with van der Waals surface area (Å²) in [7, 11) is 0. The molecule has 1 saturated heterocycles. The molecule has 1 aliphatic carbocycles. The maximum absolute atomic E-state index is 12.3. The van der Waals surface area contributed by atoms with Crippen molar-refractivity contribution in [1.82, 2.24) is 10.6 Å². The van der Waals surface area contributed by atoms with Crippen molar-refractivity contribution in [2.45, 2.75) is 45.1 Å². The van der Waals surface area contributed by atoms with Gasteiger partial charge in [0.15, 0.2) is 0 Å². The molecule has 3 nitrogen and oxygen atoms in total. The Morgan fingerprint density at radius 3 is 2.86 bits per heavy atom. The summed E-state index contributed by atoms with van der Waals surface area (Å²) >= 11 is 0. The lowest BCUT2D eigenvalue weighted by Crippen LogP contribution is -2.32. The molecule has 1 fully saturated rings. The zero-order valence-corrected chi connectivity index (χ0v) is 12.9. The van der Waals surface area contributed by atoms with Gasteiger partial charge in [0.25, 0.3) is 0 Å². The molecule has 2 N–H and O–H groups in total. The molecule has 2 unspecified atom stereocenters. The average Bonchev–Trinajstić information content (AvgIpc) is 2.82. The molecule has 0 spiro atoms. The topological polar surface area (TPSA) is 41.1 Å². The van der Waals surface area contributed by atoms with Gasteiger partial charge in [0.05, 0.1) is 6.04 Å². The molecule has 1 amide bonds. The lowest BCUT2D eigenvalue weighted by atomic mass is 9.93. The van der Waals surface area contributed by atoms with E-state index < -0.39 is 0 Å². The highest BCUT2D eigenvalue weighted by molar-refractivity contribution is 5.76. The molecule has 0 bridgehead atoms. The third kappa shape index (κ3) is 3.46. The van der Waals surface area contributed by atoms with Crippen molar-refractivity contribution < 1.29 is 4.79 Å². The minimum atomic E-state index is 0.210. The number of carbonyl (C=O) groups is 1. The second kappa shape index (κ2) is 6.61. The summed E-state index contributed by atoms with van der Waals surface area (Å²) in [4.78, 5) is 12.3. The van der Waals surface area contributed by atoms with Crippen LogP contribution in [0, 0.1) is 11.8 Å². The maximum atomic E-state index is 12.3. The van der Waals surface area contributed by atoms with Crippen LogP contribution in [-0.4, -0.2) is 19.0 Å². The molecule has 1 aromatic rings. The highest BCUT2D eigenvalue weighted by atomic mass is 16.1. The minimum Gasteiger partial charge on any atom is -0.349 e. The van der Waals surface area contributed by atoms with Gasteiger partial charge >= 0.3 is 0 Å². The van der Waals surface area contributed by atoms with E-state index in [-0.39, 0.29) is 11.9 Å². The van der Waals surface area contributed by atoms with Crippen molar-refractivity contribution in [1.29, 1.82) is 0 Å². The van der Waals surface area contributed by atoms with Gasteiger partial charge in [-0.3, -0.25) is 4.79 Å². The molecule has 21 heavy (non-hydrogen) atoms. The molecule has 0 radical (unpaired) electrons. The maximum Gasteiger partial charge on any atom is 0.220 e. The van der Waals surface area contributed by atoms with E-state index in [0.717, 1.165) is 31.8 Å². The van der Waals surface area contributed by atoms with Gasteiger partial charge in [-0.1, -0.05) is 31.2 Å². The molecular formula is C18H26N2O. The van der Waals surface area contributed by atoms with Gasteiger partial charge in [0.1, 0.15) is 0 Å². The number of hydrogen-bond acceptors (Lipinski definition) is 2. The normalized spacial score (nSPS) is 25.6. The summed E-state index contributed by atoms with van der Waals surface area (Å²) in [6, 6.07) is 8.73. The zero-order valence-electron chi connectivity index (χ0n) is 12.9. The van der Waals surface area contributed by atoms with Crippen molar-refractivity contribution in [2.24, 2.45) is 11.8 Å². The number of hydrogen-bond donors (Lipinski definition) is 2. The fourth-order valence-electron chi connectivity index (χ4n) is 3.77. The molecule has 1 aliphatic heterocycles. The zero-order chi connectivity index (χ0) is 14.7. The highest BCUT2D eigenvalue weighted by Crippen LogP contribution is 2.35. The largest absolute Gasteiger partial charge is 0.349 e. The summed E-state index contributed by atoms with van der Waals surface area (Å²) in [5.74, 6) is 1.46. The van der Waals surface area contributed by atoms with Gasteiger partial charge in [0.2, 0.25) is 5.91 Å². The first kappa shape index (κ1) is 14.6. The van der Waals surface area contributed by atoms with E-state index in [1.807, 2.05) is 0 Å². The van der Waals surface area contributed by atoms with Crippen LogP contribution in [0.5, 0.6) is 0 Å². The molecule has 2 aliphatic rings. The molecule has 0 aromatic heterocycles. The predicted octanol–water partition coefficient (Wildman–Crippen LogP) is 2.82. The Labute approximate surface area is 127 Å². The Bertz CT molecular complexity index is 494. The van der Waals surface area contributed by atoms with Crippen LogP contribution in [0.2, 0.25) is 0 Å².